The van der Waals surface area contributed by atoms with Crippen molar-refractivity contribution in [3.63, 3.8) is 0 Å². The second kappa shape index (κ2) is 22.3. The first-order chi connectivity index (χ1) is 30.8. The van der Waals surface area contributed by atoms with E-state index in [1.54, 1.807) is 24.4 Å². The zero-order chi connectivity index (χ0) is 45.8. The van der Waals surface area contributed by atoms with E-state index in [2.05, 4.69) is 37.7 Å². The number of hydrazine groups is 1. The molecule has 18 heteroatoms. The maximum Gasteiger partial charge on any atom is 0.266 e. The Morgan fingerprint density at radius 2 is 1.50 bits per heavy atom. The summed E-state index contributed by atoms with van der Waals surface area (Å²) in [6.07, 6.45) is 14.4. The molecule has 344 valence electrons. The molecule has 1 aromatic heterocycles. The Labute approximate surface area is 379 Å². The van der Waals surface area contributed by atoms with E-state index in [9.17, 15) is 28.8 Å². The number of carbonyl (C=O) groups is 6. The molecular weight excluding hydrogens is 835 g/mol. The predicted molar refractivity (Wildman–Crippen MR) is 247 cm³/mol. The van der Waals surface area contributed by atoms with Gasteiger partial charge in [0.1, 0.15) is 23.3 Å². The molecule has 64 heavy (non-hydrogen) atoms. The molecule has 1 unspecified atom stereocenters. The van der Waals surface area contributed by atoms with Crippen LogP contribution in [-0.2, 0) is 25.6 Å². The number of piperidine rings is 2. The van der Waals surface area contributed by atoms with Crippen LogP contribution in [0.3, 0.4) is 0 Å². The van der Waals surface area contributed by atoms with Crippen LogP contribution in [0.15, 0.2) is 52.5 Å². The summed E-state index contributed by atoms with van der Waals surface area (Å²) in [4.78, 5) is 89.7. The summed E-state index contributed by atoms with van der Waals surface area (Å²) in [6, 6.07) is 9.62. The minimum Gasteiger partial charge on any atom is -0.384 e. The first kappa shape index (κ1) is 47.9. The van der Waals surface area contributed by atoms with Gasteiger partial charge < -0.3 is 32.3 Å². The Morgan fingerprint density at radius 3 is 2.17 bits per heavy atom. The highest BCUT2D eigenvalue weighted by molar-refractivity contribution is 7.99. The zero-order valence-corrected chi connectivity index (χ0v) is 37.9. The summed E-state index contributed by atoms with van der Waals surface area (Å²) in [5.74, 6) is 3.61. The Hall–Kier alpha value is -5.59. The molecule has 3 aromatic rings. The van der Waals surface area contributed by atoms with E-state index in [-0.39, 0.29) is 47.7 Å². The lowest BCUT2D eigenvalue weighted by Crippen LogP contribution is -2.58. The summed E-state index contributed by atoms with van der Waals surface area (Å²) in [5.41, 5.74) is 15.1. The van der Waals surface area contributed by atoms with Crippen molar-refractivity contribution in [3.8, 4) is 0 Å². The molecule has 17 nitrogen and oxygen atoms in total. The number of benzene rings is 2. The quantitative estimate of drug-likeness (QED) is 0.0238. The highest BCUT2D eigenvalue weighted by atomic mass is 32.2. The molecule has 6 amide bonds. The molecule has 1 atom stereocenters. The second-order valence-electron chi connectivity index (χ2n) is 17.2. The number of aromatic nitrogens is 2. The van der Waals surface area contributed by atoms with Crippen LogP contribution in [0.5, 0.6) is 0 Å². The number of hydrogen-bond donors (Lipinski definition) is 6. The summed E-state index contributed by atoms with van der Waals surface area (Å²) in [6.45, 7) is 6.85. The Kier molecular flexibility index (Phi) is 16.7. The summed E-state index contributed by atoms with van der Waals surface area (Å²) < 4.78 is 0. The number of anilines is 4. The molecule has 0 bridgehead atoms. The average molecular weight is 898 g/mol. The number of nitrogens with zero attached hydrogens (tertiary/aromatic N) is 5. The third-order valence-electron chi connectivity index (χ3n) is 12.2. The summed E-state index contributed by atoms with van der Waals surface area (Å²) in [5, 5.41) is 10.2. The van der Waals surface area contributed by atoms with Gasteiger partial charge in [0.15, 0.2) is 5.82 Å². The molecule has 3 aliphatic rings. The summed E-state index contributed by atoms with van der Waals surface area (Å²) >= 11 is 1.41. The minimum atomic E-state index is -1.09. The van der Waals surface area contributed by atoms with E-state index in [1.807, 2.05) is 25.1 Å². The number of nitrogens with one attached hydrogen (secondary N) is 3. The number of imide groups is 2. The van der Waals surface area contributed by atoms with Crippen LogP contribution < -0.4 is 38.2 Å². The third-order valence-corrected chi connectivity index (χ3v) is 13.3. The van der Waals surface area contributed by atoms with Crippen molar-refractivity contribution in [2.75, 3.05) is 47.4 Å². The van der Waals surface area contributed by atoms with Crippen LogP contribution in [-0.4, -0.2) is 93.1 Å². The average Bonchev–Trinajstić information content (AvgIpc) is 3.52. The van der Waals surface area contributed by atoms with Crippen molar-refractivity contribution in [3.05, 3.63) is 59.3 Å². The Morgan fingerprint density at radius 1 is 0.859 bits per heavy atom. The molecule has 2 saturated heterocycles. The van der Waals surface area contributed by atoms with Gasteiger partial charge in [0.2, 0.25) is 17.7 Å². The smallest absolute Gasteiger partial charge is 0.266 e. The minimum absolute atomic E-state index is 0.0168. The number of nitrogen functional groups attached to an aromatic ring is 1. The van der Waals surface area contributed by atoms with Gasteiger partial charge in [0.05, 0.1) is 17.3 Å². The molecule has 9 N–H and O–H groups in total. The SMILES string of the molecule is CCc1c(NC(=O)CC(=O)NCCCCCCCCCCCCNc2cccc3c2C(=O)N(C2CCC(=O)N(N)C2=O)C3=O)cccc1Sc1ncc(N2CCC(C)(N)CC2)nc1N. The van der Waals surface area contributed by atoms with E-state index in [0.717, 1.165) is 111 Å². The fourth-order valence-electron chi connectivity index (χ4n) is 8.39. The van der Waals surface area contributed by atoms with Gasteiger partial charge in [0, 0.05) is 54.4 Å². The number of fused-ring (bicyclic) bond motifs is 1. The molecule has 6 rings (SSSR count). The maximum absolute atomic E-state index is 13.3. The predicted octanol–water partition coefficient (Wildman–Crippen LogP) is 5.54. The van der Waals surface area contributed by atoms with Gasteiger partial charge in [-0.3, -0.25) is 33.7 Å². The normalized spacial score (nSPS) is 17.2. The van der Waals surface area contributed by atoms with Crippen LogP contribution in [0.4, 0.5) is 23.0 Å². The van der Waals surface area contributed by atoms with Gasteiger partial charge in [-0.15, -0.1) is 0 Å². The van der Waals surface area contributed by atoms with Crippen LogP contribution in [0, 0.1) is 0 Å². The highest BCUT2D eigenvalue weighted by Crippen LogP contribution is 2.37. The van der Waals surface area contributed by atoms with Crippen LogP contribution in [0.25, 0.3) is 0 Å². The number of rotatable bonds is 22. The van der Waals surface area contributed by atoms with E-state index in [1.165, 1.54) is 11.8 Å². The standard InChI is InChI=1S/C46H63N11O6S/c1-3-30-32(17-15-19-35(30)64-42-41(47)54-36(29-52-42)55-26-22-46(2,48)23-27-55)53-38(59)28-37(58)51-25-13-11-9-7-5-4-6-8-10-12-24-50-33-18-14-16-31-40(33)45(63)56(43(31)61)34-20-21-39(60)57(49)44(34)62/h14-19,29,34,50H,3-13,20-28,48-49H2,1-2H3,(H2,47,54)(H,51,58)(H,53,59). The van der Waals surface area contributed by atoms with Crippen LogP contribution >= 0.6 is 11.8 Å². The van der Waals surface area contributed by atoms with Crippen LogP contribution in [0.1, 0.15) is 136 Å². The van der Waals surface area contributed by atoms with Gasteiger partial charge in [-0.25, -0.2) is 20.8 Å². The maximum atomic E-state index is 13.3. The molecule has 0 aliphatic carbocycles. The van der Waals surface area contributed by atoms with E-state index in [0.29, 0.717) is 46.7 Å². The number of unbranched alkanes of at least 4 members (excludes halogenated alkanes) is 9. The number of amides is 6. The van der Waals surface area contributed by atoms with Crippen molar-refractivity contribution >= 4 is 70.2 Å². The topological polar surface area (TPSA) is 252 Å². The van der Waals surface area contributed by atoms with E-state index >= 15 is 0 Å². The lowest BCUT2D eigenvalue weighted by Gasteiger charge is -2.37. The van der Waals surface area contributed by atoms with Crippen molar-refractivity contribution in [1.29, 1.82) is 0 Å². The molecule has 0 saturated carbocycles. The van der Waals surface area contributed by atoms with Crippen molar-refractivity contribution in [1.82, 2.24) is 25.2 Å². The first-order valence-electron chi connectivity index (χ1n) is 22.7. The summed E-state index contributed by atoms with van der Waals surface area (Å²) in [7, 11) is 0. The fourth-order valence-corrected chi connectivity index (χ4v) is 9.37. The van der Waals surface area contributed by atoms with Crippen molar-refractivity contribution in [2.45, 2.75) is 138 Å². The van der Waals surface area contributed by atoms with Gasteiger partial charge in [-0.1, -0.05) is 82.2 Å². The Balaban J connectivity index is 0.800. The Bertz CT molecular complexity index is 2190. The van der Waals surface area contributed by atoms with E-state index in [4.69, 9.17) is 17.3 Å². The van der Waals surface area contributed by atoms with Gasteiger partial charge in [0.25, 0.3) is 17.7 Å². The van der Waals surface area contributed by atoms with Gasteiger partial charge in [-0.05, 0) is 75.3 Å². The molecular formula is C46H63N11O6S. The molecule has 0 radical (unpaired) electrons. The lowest BCUT2D eigenvalue weighted by atomic mass is 9.91. The second-order valence-corrected chi connectivity index (χ2v) is 18.2. The number of nitrogens with two attached hydrogens (primary N) is 3. The number of carbonyl (C=O) groups excluding carboxylic acids is 6. The number of hydrogen-bond acceptors (Lipinski definition) is 14. The molecule has 2 aromatic carbocycles. The molecule has 0 spiro atoms. The molecule has 2 fully saturated rings. The van der Waals surface area contributed by atoms with Crippen LogP contribution in [0.2, 0.25) is 0 Å². The molecule has 3 aliphatic heterocycles. The first-order valence-corrected chi connectivity index (χ1v) is 23.5. The third kappa shape index (κ3) is 12.1. The fraction of sp³-hybridized carbons (Fsp3) is 0.522. The van der Waals surface area contributed by atoms with Gasteiger partial charge >= 0.3 is 0 Å². The largest absolute Gasteiger partial charge is 0.384 e. The lowest BCUT2D eigenvalue weighted by molar-refractivity contribution is -0.152. The van der Waals surface area contributed by atoms with Gasteiger partial charge in [-0.2, -0.15) is 0 Å². The monoisotopic (exact) mass is 897 g/mol. The van der Waals surface area contributed by atoms with Crippen molar-refractivity contribution < 1.29 is 28.8 Å². The van der Waals surface area contributed by atoms with Crippen molar-refractivity contribution in [2.24, 2.45) is 11.6 Å². The highest BCUT2D eigenvalue weighted by Gasteiger charge is 2.47. The zero-order valence-electron chi connectivity index (χ0n) is 37.1. The van der Waals surface area contributed by atoms with E-state index < -0.39 is 29.7 Å². The molecule has 4 heterocycles.